The van der Waals surface area contributed by atoms with E-state index in [2.05, 4.69) is 46.4 Å². The Morgan fingerprint density at radius 2 is 1.49 bits per heavy atom. The van der Waals surface area contributed by atoms with E-state index in [-0.39, 0.29) is 17.9 Å². The summed E-state index contributed by atoms with van der Waals surface area (Å²) in [7, 11) is 0. The normalized spacial score (nSPS) is 15.5. The maximum Gasteiger partial charge on any atom is 0.234 e. The van der Waals surface area contributed by atoms with Crippen LogP contribution in [0.25, 0.3) is 0 Å². The quantitative estimate of drug-likeness (QED) is 0.308. The van der Waals surface area contributed by atoms with Gasteiger partial charge in [0, 0.05) is 38.4 Å². The number of amides is 2. The molecule has 3 aromatic carbocycles. The SMILES string of the molecule is CC(c1ncc[nH]1)N(Cc1ccccc1)C(=O)C1(c2ccccc2)CCN(C(=O)CCc2ccccc2)CC1. The fourth-order valence-corrected chi connectivity index (χ4v) is 5.67. The highest BCUT2D eigenvalue weighted by Crippen LogP contribution is 2.40. The van der Waals surface area contributed by atoms with Crippen LogP contribution in [-0.4, -0.2) is 44.7 Å². The third-order valence-corrected chi connectivity index (χ3v) is 8.02. The first kappa shape index (κ1) is 26.4. The van der Waals surface area contributed by atoms with Crippen LogP contribution in [0.2, 0.25) is 0 Å². The number of aromatic nitrogens is 2. The van der Waals surface area contributed by atoms with Crippen molar-refractivity contribution in [2.45, 2.75) is 50.6 Å². The van der Waals surface area contributed by atoms with Gasteiger partial charge in [-0.2, -0.15) is 0 Å². The van der Waals surface area contributed by atoms with E-state index in [1.807, 2.05) is 71.3 Å². The van der Waals surface area contributed by atoms with Gasteiger partial charge in [-0.3, -0.25) is 9.59 Å². The minimum Gasteiger partial charge on any atom is -0.347 e. The van der Waals surface area contributed by atoms with Crippen LogP contribution in [0.1, 0.15) is 54.7 Å². The van der Waals surface area contributed by atoms with Crippen LogP contribution in [-0.2, 0) is 28.0 Å². The summed E-state index contributed by atoms with van der Waals surface area (Å²) < 4.78 is 0. The molecule has 1 unspecified atom stereocenters. The van der Waals surface area contributed by atoms with Crippen molar-refractivity contribution >= 4 is 11.8 Å². The van der Waals surface area contributed by atoms with E-state index in [1.54, 1.807) is 12.4 Å². The second-order valence-corrected chi connectivity index (χ2v) is 10.4. The number of aromatic amines is 1. The molecular weight excluding hydrogens is 484 g/mol. The van der Waals surface area contributed by atoms with Gasteiger partial charge in [-0.05, 0) is 42.9 Å². The molecule has 6 nitrogen and oxygen atoms in total. The Labute approximate surface area is 230 Å². The number of likely N-dealkylation sites (tertiary alicyclic amines) is 1. The molecule has 39 heavy (non-hydrogen) atoms. The van der Waals surface area contributed by atoms with Crippen LogP contribution in [0, 0.1) is 0 Å². The van der Waals surface area contributed by atoms with Crippen molar-refractivity contribution in [3.63, 3.8) is 0 Å². The van der Waals surface area contributed by atoms with Gasteiger partial charge in [-0.25, -0.2) is 4.98 Å². The smallest absolute Gasteiger partial charge is 0.234 e. The molecule has 1 saturated heterocycles. The van der Waals surface area contributed by atoms with E-state index in [9.17, 15) is 9.59 Å². The molecular formula is C33H36N4O2. The van der Waals surface area contributed by atoms with Gasteiger partial charge in [-0.1, -0.05) is 91.0 Å². The van der Waals surface area contributed by atoms with Crippen LogP contribution in [0.15, 0.2) is 103 Å². The van der Waals surface area contributed by atoms with Crippen LogP contribution < -0.4 is 0 Å². The summed E-state index contributed by atoms with van der Waals surface area (Å²) >= 11 is 0. The van der Waals surface area contributed by atoms with Gasteiger partial charge in [0.15, 0.2) is 0 Å². The van der Waals surface area contributed by atoms with Crippen LogP contribution >= 0.6 is 0 Å². The summed E-state index contributed by atoms with van der Waals surface area (Å²) in [5.74, 6) is 0.993. The summed E-state index contributed by atoms with van der Waals surface area (Å²) in [6.07, 6.45) is 5.90. The van der Waals surface area contributed by atoms with Crippen molar-refractivity contribution in [2.24, 2.45) is 0 Å². The van der Waals surface area contributed by atoms with E-state index in [0.717, 1.165) is 23.4 Å². The molecule has 2 heterocycles. The minimum atomic E-state index is -0.715. The van der Waals surface area contributed by atoms with Gasteiger partial charge in [-0.15, -0.1) is 0 Å². The van der Waals surface area contributed by atoms with Gasteiger partial charge >= 0.3 is 0 Å². The Hall–Kier alpha value is -4.19. The number of carbonyl (C=O) groups is 2. The first-order valence-electron chi connectivity index (χ1n) is 13.8. The summed E-state index contributed by atoms with van der Waals surface area (Å²) in [6.45, 7) is 3.63. The zero-order valence-electron chi connectivity index (χ0n) is 22.5. The Morgan fingerprint density at radius 3 is 2.08 bits per heavy atom. The van der Waals surface area contributed by atoms with E-state index in [0.29, 0.717) is 38.9 Å². The highest BCUT2D eigenvalue weighted by molar-refractivity contribution is 5.89. The number of carbonyl (C=O) groups excluding carboxylic acids is 2. The Morgan fingerprint density at radius 1 is 0.897 bits per heavy atom. The molecule has 6 heteroatoms. The summed E-state index contributed by atoms with van der Waals surface area (Å²) in [5, 5.41) is 0. The molecule has 5 rings (SSSR count). The Balaban J connectivity index is 1.40. The van der Waals surface area contributed by atoms with Crippen molar-refractivity contribution in [2.75, 3.05) is 13.1 Å². The van der Waals surface area contributed by atoms with Crippen molar-refractivity contribution in [3.05, 3.63) is 126 Å². The maximum atomic E-state index is 14.7. The third kappa shape index (κ3) is 5.95. The number of piperidine rings is 1. The van der Waals surface area contributed by atoms with Gasteiger partial charge in [0.1, 0.15) is 5.82 Å². The maximum absolute atomic E-state index is 14.7. The van der Waals surface area contributed by atoms with Gasteiger partial charge < -0.3 is 14.8 Å². The van der Waals surface area contributed by atoms with Crippen molar-refractivity contribution in [1.82, 2.24) is 19.8 Å². The van der Waals surface area contributed by atoms with Crippen LogP contribution in [0.5, 0.6) is 0 Å². The lowest BCUT2D eigenvalue weighted by Gasteiger charge is -2.45. The molecule has 1 fully saturated rings. The molecule has 1 aliphatic rings. The largest absolute Gasteiger partial charge is 0.347 e. The molecule has 0 radical (unpaired) electrons. The average Bonchev–Trinajstić information content (AvgIpc) is 3.55. The molecule has 2 amide bonds. The fourth-order valence-electron chi connectivity index (χ4n) is 5.67. The number of nitrogens with one attached hydrogen (secondary N) is 1. The lowest BCUT2D eigenvalue weighted by atomic mass is 9.71. The molecule has 1 aliphatic heterocycles. The second kappa shape index (κ2) is 12.1. The molecule has 1 N–H and O–H groups in total. The van der Waals surface area contributed by atoms with Gasteiger partial charge in [0.25, 0.3) is 0 Å². The summed E-state index contributed by atoms with van der Waals surface area (Å²) in [5.41, 5.74) is 2.53. The van der Waals surface area contributed by atoms with E-state index in [4.69, 9.17) is 0 Å². The summed E-state index contributed by atoms with van der Waals surface area (Å²) in [4.78, 5) is 39.5. The lowest BCUT2D eigenvalue weighted by molar-refractivity contribution is -0.145. The zero-order valence-corrected chi connectivity index (χ0v) is 22.5. The highest BCUT2D eigenvalue weighted by Gasteiger charge is 2.46. The van der Waals surface area contributed by atoms with Gasteiger partial charge in [0.2, 0.25) is 11.8 Å². The molecule has 4 aromatic rings. The number of H-pyrrole nitrogens is 1. The molecule has 200 valence electrons. The fraction of sp³-hybridized carbons (Fsp3) is 0.303. The predicted octanol–water partition coefficient (Wildman–Crippen LogP) is 5.69. The van der Waals surface area contributed by atoms with Crippen molar-refractivity contribution in [1.29, 1.82) is 0 Å². The first-order chi connectivity index (χ1) is 19.1. The molecule has 0 aliphatic carbocycles. The molecule has 0 spiro atoms. The Bertz CT molecular complexity index is 1330. The predicted molar refractivity (Wildman–Crippen MR) is 153 cm³/mol. The number of hydrogen-bond donors (Lipinski definition) is 1. The average molecular weight is 521 g/mol. The first-order valence-corrected chi connectivity index (χ1v) is 13.8. The topological polar surface area (TPSA) is 69.3 Å². The monoisotopic (exact) mass is 520 g/mol. The molecule has 1 aromatic heterocycles. The van der Waals surface area contributed by atoms with Crippen LogP contribution in [0.4, 0.5) is 0 Å². The number of rotatable bonds is 9. The van der Waals surface area contributed by atoms with Crippen molar-refractivity contribution in [3.8, 4) is 0 Å². The van der Waals surface area contributed by atoms with E-state index < -0.39 is 5.41 Å². The minimum absolute atomic E-state index is 0.0813. The van der Waals surface area contributed by atoms with Crippen LogP contribution in [0.3, 0.4) is 0 Å². The summed E-state index contributed by atoms with van der Waals surface area (Å²) in [6, 6.07) is 30.1. The standard InChI is InChI=1S/C33H36N4O2/c1-26(31-34-21-22-35-31)37(25-28-13-7-3-8-14-28)32(39)33(29-15-9-4-10-16-29)19-23-36(24-20-33)30(38)18-17-27-11-5-2-6-12-27/h2-16,21-22,26H,17-20,23-25H2,1H3,(H,34,35). The van der Waals surface area contributed by atoms with Gasteiger partial charge in [0.05, 0.1) is 11.5 Å². The number of nitrogens with zero attached hydrogens (tertiary/aromatic N) is 3. The number of imidazole rings is 1. The lowest BCUT2D eigenvalue weighted by Crippen LogP contribution is -2.54. The Kier molecular flexibility index (Phi) is 8.21. The van der Waals surface area contributed by atoms with E-state index >= 15 is 0 Å². The van der Waals surface area contributed by atoms with Crippen molar-refractivity contribution < 1.29 is 9.59 Å². The molecule has 0 saturated carbocycles. The highest BCUT2D eigenvalue weighted by atomic mass is 16.2. The number of benzene rings is 3. The number of hydrogen-bond acceptors (Lipinski definition) is 3. The zero-order chi connectivity index (χ0) is 27.1. The third-order valence-electron chi connectivity index (χ3n) is 8.02. The molecule has 1 atom stereocenters. The number of aryl methyl sites for hydroxylation is 1. The van der Waals surface area contributed by atoms with E-state index in [1.165, 1.54) is 5.56 Å². The molecule has 0 bridgehead atoms. The second-order valence-electron chi connectivity index (χ2n) is 10.4.